The molecule has 1 aliphatic heterocycles. The van der Waals surface area contributed by atoms with Gasteiger partial charge in [0.2, 0.25) is 0 Å². The smallest absolute Gasteiger partial charge is 0.160 e. The van der Waals surface area contributed by atoms with Gasteiger partial charge in [-0.15, -0.1) is 0 Å². The molecule has 47 heavy (non-hydrogen) atoms. The van der Waals surface area contributed by atoms with E-state index in [9.17, 15) is 0 Å². The van der Waals surface area contributed by atoms with Gasteiger partial charge in [0.1, 0.15) is 11.5 Å². The molecule has 1 aromatic heterocycles. The van der Waals surface area contributed by atoms with Gasteiger partial charge in [-0.05, 0) is 62.3 Å². The standard InChI is InChI=1S/C44H26N2O/c1-2-8-33(9-3-1)44-45-37(29-16-13-28(14-17-29)35-22-15-27-7-4-5-10-34(27)25-35)26-38(46-44)36-24-23-32-21-20-31-19-18-30-11-6-12-39-40(30)41(31)42(32)43(36)47-39/h1-26H. The van der Waals surface area contributed by atoms with Crippen LogP contribution in [0.1, 0.15) is 0 Å². The van der Waals surface area contributed by atoms with E-state index in [0.717, 1.165) is 50.3 Å². The molecule has 10 rings (SSSR count). The molecule has 3 heteroatoms. The monoisotopic (exact) mass is 598 g/mol. The molecule has 0 aliphatic carbocycles. The minimum absolute atomic E-state index is 0.681. The minimum Gasteiger partial charge on any atom is -0.455 e. The SMILES string of the molecule is c1ccc(-c2nc(-c3ccc(-c4ccc5ccccc5c4)cc3)cc(-c3ccc4ccc5ccc6cccc7c6c5c4c3O7)n2)cc1. The second-order valence-electron chi connectivity index (χ2n) is 12.2. The maximum atomic E-state index is 6.80. The van der Waals surface area contributed by atoms with Crippen LogP contribution in [0.2, 0.25) is 0 Å². The molecule has 8 aromatic carbocycles. The van der Waals surface area contributed by atoms with Gasteiger partial charge < -0.3 is 4.74 Å². The Kier molecular flexibility index (Phi) is 5.57. The van der Waals surface area contributed by atoms with Crippen molar-refractivity contribution < 1.29 is 4.74 Å². The van der Waals surface area contributed by atoms with Crippen molar-refractivity contribution >= 4 is 43.1 Å². The summed E-state index contributed by atoms with van der Waals surface area (Å²) in [6, 6.07) is 55.5. The molecular weight excluding hydrogens is 572 g/mol. The molecule has 0 bridgehead atoms. The molecule has 2 heterocycles. The maximum absolute atomic E-state index is 6.80. The zero-order valence-electron chi connectivity index (χ0n) is 25.3. The predicted molar refractivity (Wildman–Crippen MR) is 194 cm³/mol. The van der Waals surface area contributed by atoms with Gasteiger partial charge in [0.15, 0.2) is 5.82 Å². The van der Waals surface area contributed by atoms with E-state index in [1.165, 1.54) is 43.4 Å². The average Bonchev–Trinajstić information content (AvgIpc) is 3.15. The summed E-state index contributed by atoms with van der Waals surface area (Å²) in [5.74, 6) is 2.40. The predicted octanol–water partition coefficient (Wildman–Crippen LogP) is 11.9. The molecule has 0 spiro atoms. The zero-order valence-corrected chi connectivity index (χ0v) is 25.3. The number of nitrogens with zero attached hydrogens (tertiary/aromatic N) is 2. The molecule has 0 unspecified atom stereocenters. The first-order valence-electron chi connectivity index (χ1n) is 15.9. The number of hydrogen-bond donors (Lipinski definition) is 0. The van der Waals surface area contributed by atoms with Crippen LogP contribution < -0.4 is 4.74 Å². The fraction of sp³-hybridized carbons (Fsp3) is 0. The Balaban J connectivity index is 1.16. The largest absolute Gasteiger partial charge is 0.455 e. The Morgan fingerprint density at radius 1 is 0.362 bits per heavy atom. The van der Waals surface area contributed by atoms with E-state index in [2.05, 4.69) is 140 Å². The Bertz CT molecular complexity index is 2690. The second kappa shape index (κ2) is 10.1. The molecular formula is C44H26N2O. The third-order valence-electron chi connectivity index (χ3n) is 9.43. The van der Waals surface area contributed by atoms with Gasteiger partial charge in [0.05, 0.1) is 11.4 Å². The number of rotatable bonds is 4. The van der Waals surface area contributed by atoms with Gasteiger partial charge in [0, 0.05) is 32.8 Å². The lowest BCUT2D eigenvalue weighted by atomic mass is 9.91. The van der Waals surface area contributed by atoms with Crippen molar-refractivity contribution in [2.45, 2.75) is 0 Å². The molecule has 0 fully saturated rings. The first-order chi connectivity index (χ1) is 23.3. The van der Waals surface area contributed by atoms with Crippen LogP contribution in [-0.4, -0.2) is 9.97 Å². The van der Waals surface area contributed by atoms with Crippen LogP contribution in [-0.2, 0) is 0 Å². The fourth-order valence-corrected chi connectivity index (χ4v) is 7.10. The third kappa shape index (κ3) is 4.14. The molecule has 0 radical (unpaired) electrons. The molecule has 9 aromatic rings. The second-order valence-corrected chi connectivity index (χ2v) is 12.2. The van der Waals surface area contributed by atoms with E-state index >= 15 is 0 Å². The quantitative estimate of drug-likeness (QED) is 0.189. The summed E-state index contributed by atoms with van der Waals surface area (Å²) in [7, 11) is 0. The molecule has 0 N–H and O–H groups in total. The van der Waals surface area contributed by atoms with Gasteiger partial charge in [0.25, 0.3) is 0 Å². The van der Waals surface area contributed by atoms with E-state index in [4.69, 9.17) is 14.7 Å². The topological polar surface area (TPSA) is 35.0 Å². The normalized spacial score (nSPS) is 12.0. The highest BCUT2D eigenvalue weighted by Gasteiger charge is 2.23. The number of aromatic nitrogens is 2. The van der Waals surface area contributed by atoms with Gasteiger partial charge >= 0.3 is 0 Å². The summed E-state index contributed by atoms with van der Waals surface area (Å²) < 4.78 is 6.80. The van der Waals surface area contributed by atoms with E-state index in [1.807, 2.05) is 18.2 Å². The van der Waals surface area contributed by atoms with Crippen LogP contribution in [0.5, 0.6) is 11.5 Å². The fourth-order valence-electron chi connectivity index (χ4n) is 7.10. The highest BCUT2D eigenvalue weighted by molar-refractivity contribution is 6.26. The molecule has 0 atom stereocenters. The summed E-state index contributed by atoms with van der Waals surface area (Å²) in [6.07, 6.45) is 0. The Morgan fingerprint density at radius 3 is 1.81 bits per heavy atom. The molecule has 3 nitrogen and oxygen atoms in total. The first-order valence-corrected chi connectivity index (χ1v) is 15.9. The van der Waals surface area contributed by atoms with E-state index in [1.54, 1.807) is 0 Å². The van der Waals surface area contributed by atoms with Crippen LogP contribution in [0.4, 0.5) is 0 Å². The van der Waals surface area contributed by atoms with Crippen molar-refractivity contribution in [3.05, 3.63) is 158 Å². The highest BCUT2D eigenvalue weighted by atomic mass is 16.5. The minimum atomic E-state index is 0.681. The van der Waals surface area contributed by atoms with E-state index in [0.29, 0.717) is 5.82 Å². The highest BCUT2D eigenvalue weighted by Crippen LogP contribution is 2.50. The number of ether oxygens (including phenoxy) is 1. The van der Waals surface area contributed by atoms with Crippen LogP contribution in [0, 0.1) is 0 Å². The Labute approximate surface area is 271 Å². The van der Waals surface area contributed by atoms with Crippen molar-refractivity contribution in [3.63, 3.8) is 0 Å². The van der Waals surface area contributed by atoms with Crippen LogP contribution >= 0.6 is 0 Å². The van der Waals surface area contributed by atoms with Crippen molar-refractivity contribution in [1.29, 1.82) is 0 Å². The van der Waals surface area contributed by atoms with Crippen LogP contribution in [0.25, 0.3) is 88.1 Å². The first kappa shape index (κ1) is 26.0. The van der Waals surface area contributed by atoms with Crippen LogP contribution in [0.3, 0.4) is 0 Å². The van der Waals surface area contributed by atoms with Gasteiger partial charge in [-0.25, -0.2) is 9.97 Å². The van der Waals surface area contributed by atoms with Crippen molar-refractivity contribution in [3.8, 4) is 56.5 Å². The van der Waals surface area contributed by atoms with Crippen molar-refractivity contribution in [1.82, 2.24) is 9.97 Å². The zero-order chi connectivity index (χ0) is 30.9. The van der Waals surface area contributed by atoms with Gasteiger partial charge in [-0.1, -0.05) is 133 Å². The van der Waals surface area contributed by atoms with Gasteiger partial charge in [-0.3, -0.25) is 0 Å². The summed E-state index contributed by atoms with van der Waals surface area (Å²) in [4.78, 5) is 10.3. The lowest BCUT2D eigenvalue weighted by molar-refractivity contribution is 0.494. The summed E-state index contributed by atoms with van der Waals surface area (Å²) in [5.41, 5.74) is 7.00. The summed E-state index contributed by atoms with van der Waals surface area (Å²) in [6.45, 7) is 0. The van der Waals surface area contributed by atoms with E-state index < -0.39 is 0 Å². The molecule has 1 aliphatic rings. The number of hydrogen-bond acceptors (Lipinski definition) is 3. The third-order valence-corrected chi connectivity index (χ3v) is 9.43. The molecule has 0 amide bonds. The van der Waals surface area contributed by atoms with Gasteiger partial charge in [-0.2, -0.15) is 0 Å². The van der Waals surface area contributed by atoms with Crippen molar-refractivity contribution in [2.75, 3.05) is 0 Å². The number of benzene rings is 8. The molecule has 0 saturated carbocycles. The molecule has 0 saturated heterocycles. The summed E-state index contributed by atoms with van der Waals surface area (Å²) in [5, 5.41) is 9.55. The van der Waals surface area contributed by atoms with E-state index in [-0.39, 0.29) is 0 Å². The number of fused-ring (bicyclic) bond motifs is 1. The lowest BCUT2D eigenvalue weighted by Gasteiger charge is -2.22. The Hall–Kier alpha value is -6.32. The lowest BCUT2D eigenvalue weighted by Crippen LogP contribution is -2.00. The maximum Gasteiger partial charge on any atom is 0.160 e. The van der Waals surface area contributed by atoms with Crippen molar-refractivity contribution in [2.24, 2.45) is 0 Å². The molecule has 218 valence electrons. The Morgan fingerprint density at radius 2 is 0.979 bits per heavy atom. The summed E-state index contributed by atoms with van der Waals surface area (Å²) >= 11 is 0. The average molecular weight is 599 g/mol. The van der Waals surface area contributed by atoms with Crippen LogP contribution in [0.15, 0.2) is 158 Å².